The first-order valence-corrected chi connectivity index (χ1v) is 6.84. The van der Waals surface area contributed by atoms with Crippen LogP contribution in [0.15, 0.2) is 42.5 Å². The molecule has 2 aromatic rings. The van der Waals surface area contributed by atoms with Gasteiger partial charge in [-0.1, -0.05) is 18.2 Å². The summed E-state index contributed by atoms with van der Waals surface area (Å²) in [5, 5.41) is 0. The van der Waals surface area contributed by atoms with Crippen molar-refractivity contribution in [3.05, 3.63) is 42.5 Å². The van der Waals surface area contributed by atoms with Crippen molar-refractivity contribution in [2.45, 2.75) is 13.0 Å². The minimum Gasteiger partial charge on any atom is -0.496 e. The average molecular weight is 301 g/mol. The van der Waals surface area contributed by atoms with Crippen LogP contribution in [0.1, 0.15) is 6.92 Å². The SMILES string of the molecule is COc1cccc(OC)c1-c1cccc(O[C@H](C)C(N)=O)c1. The van der Waals surface area contributed by atoms with Crippen LogP contribution in [0, 0.1) is 0 Å². The van der Waals surface area contributed by atoms with E-state index in [0.717, 1.165) is 11.1 Å². The van der Waals surface area contributed by atoms with Gasteiger partial charge in [-0.15, -0.1) is 0 Å². The smallest absolute Gasteiger partial charge is 0.258 e. The number of amides is 1. The molecule has 0 saturated carbocycles. The Kier molecular flexibility index (Phi) is 4.88. The number of hydrogen-bond acceptors (Lipinski definition) is 4. The van der Waals surface area contributed by atoms with Crippen molar-refractivity contribution in [2.24, 2.45) is 5.73 Å². The Balaban J connectivity index is 2.44. The molecule has 0 spiro atoms. The van der Waals surface area contributed by atoms with Crippen LogP contribution in [0.3, 0.4) is 0 Å². The van der Waals surface area contributed by atoms with Crippen molar-refractivity contribution in [1.29, 1.82) is 0 Å². The molecule has 0 fully saturated rings. The van der Waals surface area contributed by atoms with E-state index >= 15 is 0 Å². The third-order valence-electron chi connectivity index (χ3n) is 3.26. The Morgan fingerprint density at radius 1 is 1.05 bits per heavy atom. The van der Waals surface area contributed by atoms with E-state index in [9.17, 15) is 4.79 Å². The van der Waals surface area contributed by atoms with Crippen molar-refractivity contribution in [2.75, 3.05) is 14.2 Å². The molecule has 0 bridgehead atoms. The summed E-state index contributed by atoms with van der Waals surface area (Å²) in [5.74, 6) is 1.43. The summed E-state index contributed by atoms with van der Waals surface area (Å²) in [4.78, 5) is 11.1. The Morgan fingerprint density at radius 2 is 1.64 bits per heavy atom. The lowest BCUT2D eigenvalue weighted by molar-refractivity contribution is -0.123. The summed E-state index contributed by atoms with van der Waals surface area (Å²) >= 11 is 0. The molecule has 0 aliphatic carbocycles. The molecule has 2 rings (SSSR count). The first kappa shape index (κ1) is 15.7. The lowest BCUT2D eigenvalue weighted by atomic mass is 10.0. The fourth-order valence-electron chi connectivity index (χ4n) is 2.12. The van der Waals surface area contributed by atoms with Gasteiger partial charge in [-0.05, 0) is 36.8 Å². The number of carbonyl (C=O) groups excluding carboxylic acids is 1. The number of ether oxygens (including phenoxy) is 3. The van der Waals surface area contributed by atoms with Gasteiger partial charge in [-0.25, -0.2) is 0 Å². The summed E-state index contributed by atoms with van der Waals surface area (Å²) in [7, 11) is 3.21. The largest absolute Gasteiger partial charge is 0.496 e. The van der Waals surface area contributed by atoms with Gasteiger partial charge in [0.1, 0.15) is 17.2 Å². The van der Waals surface area contributed by atoms with Crippen LogP contribution in [0.25, 0.3) is 11.1 Å². The molecular formula is C17H19NO4. The number of rotatable bonds is 6. The molecule has 22 heavy (non-hydrogen) atoms. The van der Waals surface area contributed by atoms with Crippen LogP contribution < -0.4 is 19.9 Å². The Hall–Kier alpha value is -2.69. The van der Waals surface area contributed by atoms with Gasteiger partial charge in [0.25, 0.3) is 5.91 Å². The molecule has 0 radical (unpaired) electrons. The molecule has 0 saturated heterocycles. The van der Waals surface area contributed by atoms with Gasteiger partial charge in [0.15, 0.2) is 6.10 Å². The minimum atomic E-state index is -0.699. The minimum absolute atomic E-state index is 0.514. The number of hydrogen-bond donors (Lipinski definition) is 1. The van der Waals surface area contributed by atoms with E-state index in [1.807, 2.05) is 36.4 Å². The number of nitrogens with two attached hydrogens (primary N) is 1. The van der Waals surface area contributed by atoms with Gasteiger partial charge in [0, 0.05) is 0 Å². The maximum Gasteiger partial charge on any atom is 0.258 e. The van der Waals surface area contributed by atoms with Crippen molar-refractivity contribution < 1.29 is 19.0 Å². The van der Waals surface area contributed by atoms with E-state index < -0.39 is 12.0 Å². The second kappa shape index (κ2) is 6.85. The topological polar surface area (TPSA) is 70.8 Å². The van der Waals surface area contributed by atoms with Gasteiger partial charge in [-0.3, -0.25) is 4.79 Å². The molecule has 5 heteroatoms. The fraction of sp³-hybridized carbons (Fsp3) is 0.235. The molecule has 0 aliphatic rings. The summed E-state index contributed by atoms with van der Waals surface area (Å²) in [5.41, 5.74) is 6.91. The fourth-order valence-corrected chi connectivity index (χ4v) is 2.12. The van der Waals surface area contributed by atoms with E-state index in [2.05, 4.69) is 0 Å². The average Bonchev–Trinajstić information content (AvgIpc) is 2.54. The zero-order valence-corrected chi connectivity index (χ0v) is 12.8. The molecule has 0 aromatic heterocycles. The molecule has 0 aliphatic heterocycles. The van der Waals surface area contributed by atoms with Crippen LogP contribution in [0.4, 0.5) is 0 Å². The second-order valence-electron chi connectivity index (χ2n) is 4.73. The molecule has 2 aromatic carbocycles. The Bertz CT molecular complexity index is 647. The van der Waals surface area contributed by atoms with Crippen LogP contribution in [0.2, 0.25) is 0 Å². The highest BCUT2D eigenvalue weighted by atomic mass is 16.5. The van der Waals surface area contributed by atoms with E-state index in [1.165, 1.54) is 0 Å². The predicted octanol–water partition coefficient (Wildman–Crippen LogP) is 2.62. The second-order valence-corrected chi connectivity index (χ2v) is 4.73. The molecule has 5 nitrogen and oxygen atoms in total. The lowest BCUT2D eigenvalue weighted by Crippen LogP contribution is -2.30. The molecular weight excluding hydrogens is 282 g/mol. The predicted molar refractivity (Wildman–Crippen MR) is 84.3 cm³/mol. The maximum absolute atomic E-state index is 11.1. The van der Waals surface area contributed by atoms with Crippen LogP contribution in [-0.4, -0.2) is 26.2 Å². The van der Waals surface area contributed by atoms with Gasteiger partial charge in [0.2, 0.25) is 0 Å². The van der Waals surface area contributed by atoms with Crippen molar-refractivity contribution >= 4 is 5.91 Å². The number of benzene rings is 2. The Morgan fingerprint density at radius 3 is 2.18 bits per heavy atom. The Labute approximate surface area is 129 Å². The van der Waals surface area contributed by atoms with Gasteiger partial charge >= 0.3 is 0 Å². The summed E-state index contributed by atoms with van der Waals surface area (Å²) in [6.07, 6.45) is -0.699. The molecule has 1 atom stereocenters. The third-order valence-corrected chi connectivity index (χ3v) is 3.26. The van der Waals surface area contributed by atoms with E-state index in [4.69, 9.17) is 19.9 Å². The summed E-state index contributed by atoms with van der Waals surface area (Å²) in [6, 6.07) is 12.9. The van der Waals surface area contributed by atoms with E-state index in [-0.39, 0.29) is 0 Å². The zero-order valence-electron chi connectivity index (χ0n) is 12.8. The molecule has 2 N–H and O–H groups in total. The van der Waals surface area contributed by atoms with Gasteiger partial charge in [0.05, 0.1) is 19.8 Å². The lowest BCUT2D eigenvalue weighted by Gasteiger charge is -2.15. The maximum atomic E-state index is 11.1. The van der Waals surface area contributed by atoms with Crippen molar-refractivity contribution in [1.82, 2.24) is 0 Å². The van der Waals surface area contributed by atoms with Crippen LogP contribution in [0.5, 0.6) is 17.2 Å². The van der Waals surface area contributed by atoms with E-state index in [1.54, 1.807) is 27.2 Å². The van der Waals surface area contributed by atoms with E-state index in [0.29, 0.717) is 17.2 Å². The number of methoxy groups -OCH3 is 2. The highest BCUT2D eigenvalue weighted by Crippen LogP contribution is 2.39. The summed E-state index contributed by atoms with van der Waals surface area (Å²) in [6.45, 7) is 1.61. The normalized spacial score (nSPS) is 11.6. The van der Waals surface area contributed by atoms with Crippen molar-refractivity contribution in [3.63, 3.8) is 0 Å². The standard InChI is InChI=1S/C17H19NO4/c1-11(17(18)19)22-13-7-4-6-12(10-13)16-14(20-2)8-5-9-15(16)21-3/h4-11H,1-3H3,(H2,18,19)/t11-/m1/s1. The van der Waals surface area contributed by atoms with Crippen LogP contribution in [-0.2, 0) is 4.79 Å². The number of primary amides is 1. The molecule has 0 unspecified atom stereocenters. The third kappa shape index (κ3) is 3.31. The molecule has 1 amide bonds. The first-order chi connectivity index (χ1) is 10.6. The highest BCUT2D eigenvalue weighted by molar-refractivity contribution is 5.79. The van der Waals surface area contributed by atoms with Crippen LogP contribution >= 0.6 is 0 Å². The van der Waals surface area contributed by atoms with Crippen molar-refractivity contribution in [3.8, 4) is 28.4 Å². The highest BCUT2D eigenvalue weighted by Gasteiger charge is 2.14. The first-order valence-electron chi connectivity index (χ1n) is 6.84. The quantitative estimate of drug-likeness (QED) is 0.890. The monoisotopic (exact) mass is 301 g/mol. The van der Waals surface area contributed by atoms with Gasteiger partial charge in [-0.2, -0.15) is 0 Å². The van der Waals surface area contributed by atoms with Gasteiger partial charge < -0.3 is 19.9 Å². The molecule has 0 heterocycles. The summed E-state index contributed by atoms with van der Waals surface area (Å²) < 4.78 is 16.3. The molecule has 116 valence electrons. The number of carbonyl (C=O) groups is 1. The zero-order chi connectivity index (χ0) is 16.1.